The maximum absolute atomic E-state index is 12.8. The van der Waals surface area contributed by atoms with Crippen molar-refractivity contribution in [1.29, 1.82) is 0 Å². The molecule has 2 aliphatic rings. The molecule has 12 heteroatoms. The standard InChI is InChI=1S/C26H31F6N5O/c27-25(28,29)20-4-7-22(8-5-20)35-15-13-34(14-16-35)10-1-3-24(38)37-12-2-11-36(17-18-37)23-9-6-21(19-33-23)26(30,31)32/h4-9,19H,1-3,10-18H2. The van der Waals surface area contributed by atoms with Gasteiger partial charge < -0.3 is 14.7 Å². The van der Waals surface area contributed by atoms with Crippen molar-refractivity contribution in [3.05, 3.63) is 53.7 Å². The summed E-state index contributed by atoms with van der Waals surface area (Å²) in [5.41, 5.74) is -0.665. The van der Waals surface area contributed by atoms with Crippen molar-refractivity contribution in [2.75, 3.05) is 68.7 Å². The third-order valence-electron chi connectivity index (χ3n) is 7.04. The number of anilines is 2. The van der Waals surface area contributed by atoms with Crippen molar-refractivity contribution in [2.24, 2.45) is 0 Å². The van der Waals surface area contributed by atoms with Crippen LogP contribution in [0.25, 0.3) is 0 Å². The van der Waals surface area contributed by atoms with Gasteiger partial charge in [0.1, 0.15) is 5.82 Å². The molecular formula is C26H31F6N5O. The number of hydrogen-bond donors (Lipinski definition) is 0. The number of amides is 1. The summed E-state index contributed by atoms with van der Waals surface area (Å²) in [4.78, 5) is 24.8. The van der Waals surface area contributed by atoms with Gasteiger partial charge in [0.25, 0.3) is 0 Å². The van der Waals surface area contributed by atoms with Gasteiger partial charge in [0.15, 0.2) is 0 Å². The molecule has 0 saturated carbocycles. The molecule has 0 radical (unpaired) electrons. The Labute approximate surface area is 217 Å². The van der Waals surface area contributed by atoms with E-state index in [-0.39, 0.29) is 5.91 Å². The third kappa shape index (κ3) is 7.30. The van der Waals surface area contributed by atoms with Gasteiger partial charge in [0.05, 0.1) is 11.1 Å². The molecule has 2 aromatic rings. The van der Waals surface area contributed by atoms with Crippen LogP contribution in [-0.4, -0.2) is 79.6 Å². The van der Waals surface area contributed by atoms with Crippen molar-refractivity contribution < 1.29 is 31.1 Å². The van der Waals surface area contributed by atoms with Crippen LogP contribution in [0.2, 0.25) is 0 Å². The van der Waals surface area contributed by atoms with E-state index >= 15 is 0 Å². The first kappa shape index (κ1) is 28.0. The summed E-state index contributed by atoms with van der Waals surface area (Å²) < 4.78 is 76.7. The highest BCUT2D eigenvalue weighted by molar-refractivity contribution is 5.76. The van der Waals surface area contributed by atoms with Crippen LogP contribution in [0.4, 0.5) is 37.8 Å². The number of aromatic nitrogens is 1. The minimum Gasteiger partial charge on any atom is -0.369 e. The smallest absolute Gasteiger partial charge is 0.369 e. The molecule has 4 rings (SSSR count). The summed E-state index contributed by atoms with van der Waals surface area (Å²) in [5.74, 6) is 0.540. The molecule has 1 aromatic carbocycles. The zero-order chi connectivity index (χ0) is 27.3. The summed E-state index contributed by atoms with van der Waals surface area (Å²) in [5, 5.41) is 0. The third-order valence-corrected chi connectivity index (χ3v) is 7.04. The van der Waals surface area contributed by atoms with E-state index < -0.39 is 23.5 Å². The molecule has 208 valence electrons. The first-order valence-electron chi connectivity index (χ1n) is 12.7. The van der Waals surface area contributed by atoms with E-state index in [1.54, 1.807) is 0 Å². The van der Waals surface area contributed by atoms with Crippen LogP contribution >= 0.6 is 0 Å². The van der Waals surface area contributed by atoms with Gasteiger partial charge in [-0.1, -0.05) is 0 Å². The molecule has 1 aromatic heterocycles. The van der Waals surface area contributed by atoms with Crippen LogP contribution < -0.4 is 9.80 Å². The van der Waals surface area contributed by atoms with E-state index in [0.717, 1.165) is 49.7 Å². The summed E-state index contributed by atoms with van der Waals surface area (Å²) in [6, 6.07) is 7.63. The quantitative estimate of drug-likeness (QED) is 0.492. The Bertz CT molecular complexity index is 1050. The van der Waals surface area contributed by atoms with Crippen molar-refractivity contribution in [2.45, 2.75) is 31.6 Å². The zero-order valence-corrected chi connectivity index (χ0v) is 20.9. The summed E-state index contributed by atoms with van der Waals surface area (Å²) >= 11 is 0. The largest absolute Gasteiger partial charge is 0.417 e. The monoisotopic (exact) mass is 543 g/mol. The normalized spacial score (nSPS) is 18.0. The van der Waals surface area contributed by atoms with Gasteiger partial charge in [-0.25, -0.2) is 4.98 Å². The Hall–Kier alpha value is -3.02. The molecule has 38 heavy (non-hydrogen) atoms. The van der Waals surface area contributed by atoms with Crippen LogP contribution in [0.1, 0.15) is 30.4 Å². The molecule has 1 amide bonds. The molecule has 2 fully saturated rings. The number of carbonyl (C=O) groups is 1. The highest BCUT2D eigenvalue weighted by Crippen LogP contribution is 2.31. The lowest BCUT2D eigenvalue weighted by molar-refractivity contribution is -0.138. The predicted octanol–water partition coefficient (Wildman–Crippen LogP) is 4.76. The molecule has 0 bridgehead atoms. The van der Waals surface area contributed by atoms with Crippen molar-refractivity contribution >= 4 is 17.4 Å². The Kier molecular flexibility index (Phi) is 8.69. The fraction of sp³-hybridized carbons (Fsp3) is 0.538. The highest BCUT2D eigenvalue weighted by atomic mass is 19.4. The fourth-order valence-electron chi connectivity index (χ4n) is 4.84. The van der Waals surface area contributed by atoms with E-state index in [2.05, 4.69) is 14.8 Å². The Morgan fingerprint density at radius 3 is 1.97 bits per heavy atom. The van der Waals surface area contributed by atoms with E-state index in [1.807, 2.05) is 9.80 Å². The molecule has 0 unspecified atom stereocenters. The van der Waals surface area contributed by atoms with Crippen LogP contribution in [-0.2, 0) is 17.1 Å². The SMILES string of the molecule is O=C(CCCN1CCN(c2ccc(C(F)(F)F)cc2)CC1)N1CCCN(c2ccc(C(F)(F)F)cn2)CC1. The molecule has 3 heterocycles. The van der Waals surface area contributed by atoms with Gasteiger partial charge in [0.2, 0.25) is 5.91 Å². The van der Waals surface area contributed by atoms with Crippen molar-refractivity contribution in [1.82, 2.24) is 14.8 Å². The number of pyridine rings is 1. The predicted molar refractivity (Wildman–Crippen MR) is 132 cm³/mol. The number of piperazine rings is 1. The highest BCUT2D eigenvalue weighted by Gasteiger charge is 2.31. The average molecular weight is 544 g/mol. The minimum absolute atomic E-state index is 0.0654. The summed E-state index contributed by atoms with van der Waals surface area (Å²) in [6.07, 6.45) is -6.10. The van der Waals surface area contributed by atoms with Gasteiger partial charge in [-0.15, -0.1) is 0 Å². The molecule has 2 saturated heterocycles. The molecular weight excluding hydrogens is 512 g/mol. The number of rotatable bonds is 6. The number of hydrogen-bond acceptors (Lipinski definition) is 5. The van der Waals surface area contributed by atoms with Crippen LogP contribution in [0.5, 0.6) is 0 Å². The Morgan fingerprint density at radius 2 is 1.37 bits per heavy atom. The Morgan fingerprint density at radius 1 is 0.737 bits per heavy atom. The lowest BCUT2D eigenvalue weighted by Crippen LogP contribution is -2.46. The van der Waals surface area contributed by atoms with Gasteiger partial charge >= 0.3 is 12.4 Å². The first-order chi connectivity index (χ1) is 18.0. The van der Waals surface area contributed by atoms with Crippen LogP contribution in [0.15, 0.2) is 42.6 Å². The number of carbonyl (C=O) groups excluding carboxylic acids is 1. The first-order valence-corrected chi connectivity index (χ1v) is 12.7. The number of alkyl halides is 6. The van der Waals surface area contributed by atoms with E-state index in [4.69, 9.17) is 0 Å². The molecule has 0 atom stereocenters. The second kappa shape index (κ2) is 11.8. The zero-order valence-electron chi connectivity index (χ0n) is 20.9. The maximum atomic E-state index is 12.8. The van der Waals surface area contributed by atoms with E-state index in [0.29, 0.717) is 64.3 Å². The maximum Gasteiger partial charge on any atom is 0.417 e. The summed E-state index contributed by atoms with van der Waals surface area (Å²) in [7, 11) is 0. The minimum atomic E-state index is -4.42. The number of benzene rings is 1. The van der Waals surface area contributed by atoms with Crippen LogP contribution in [0, 0.1) is 0 Å². The topological polar surface area (TPSA) is 42.9 Å². The number of nitrogens with zero attached hydrogens (tertiary/aromatic N) is 5. The van der Waals surface area contributed by atoms with Crippen LogP contribution in [0.3, 0.4) is 0 Å². The second-order valence-corrected chi connectivity index (χ2v) is 9.60. The molecule has 2 aliphatic heterocycles. The molecule has 6 nitrogen and oxygen atoms in total. The van der Waals surface area contributed by atoms with Crippen molar-refractivity contribution in [3.8, 4) is 0 Å². The van der Waals surface area contributed by atoms with Gasteiger partial charge in [-0.2, -0.15) is 26.3 Å². The average Bonchev–Trinajstić information content (AvgIpc) is 3.15. The van der Waals surface area contributed by atoms with Gasteiger partial charge in [0, 0.05) is 70.7 Å². The fourth-order valence-corrected chi connectivity index (χ4v) is 4.84. The Balaban J connectivity index is 1.17. The van der Waals surface area contributed by atoms with Crippen molar-refractivity contribution in [3.63, 3.8) is 0 Å². The molecule has 0 aliphatic carbocycles. The summed E-state index contributed by atoms with van der Waals surface area (Å²) in [6.45, 7) is 5.94. The van der Waals surface area contributed by atoms with Gasteiger partial charge in [-0.3, -0.25) is 9.69 Å². The molecule has 0 N–H and O–H groups in total. The van der Waals surface area contributed by atoms with E-state index in [1.165, 1.54) is 18.2 Å². The lowest BCUT2D eigenvalue weighted by atomic mass is 10.1. The lowest BCUT2D eigenvalue weighted by Gasteiger charge is -2.36. The van der Waals surface area contributed by atoms with Gasteiger partial charge in [-0.05, 0) is 55.8 Å². The molecule has 0 spiro atoms. The van der Waals surface area contributed by atoms with E-state index in [9.17, 15) is 31.1 Å². The second-order valence-electron chi connectivity index (χ2n) is 9.60. The number of halogens is 6.